The maximum atomic E-state index is 14.1. The normalized spacial score (nSPS) is 24.0. The molecule has 23 heavy (non-hydrogen) atoms. The number of nitriles is 1. The molecular weight excluding hydrogens is 311 g/mol. The number of nitrogens with zero attached hydrogens (tertiary/aromatic N) is 1. The molecule has 2 rings (SSSR count). The van der Waals surface area contributed by atoms with Crippen molar-refractivity contribution in [3.8, 4) is 11.8 Å². The number of hydrogen-bond donors (Lipinski definition) is 0. The Kier molecular flexibility index (Phi) is 5.61. The van der Waals surface area contributed by atoms with Crippen LogP contribution in [0.25, 0.3) is 0 Å². The van der Waals surface area contributed by atoms with E-state index in [0.29, 0.717) is 13.0 Å². The van der Waals surface area contributed by atoms with Crippen LogP contribution in [0.5, 0.6) is 5.75 Å². The summed E-state index contributed by atoms with van der Waals surface area (Å²) in [6.45, 7) is 2.28. The minimum Gasteiger partial charge on any atom is -0.426 e. The van der Waals surface area contributed by atoms with Crippen molar-refractivity contribution >= 4 is 5.97 Å². The van der Waals surface area contributed by atoms with Gasteiger partial charge in [-0.25, -0.2) is 13.2 Å². The van der Waals surface area contributed by atoms with Crippen LogP contribution >= 0.6 is 0 Å². The van der Waals surface area contributed by atoms with Gasteiger partial charge in [-0.05, 0) is 19.8 Å². The Bertz CT molecular complexity index is 606. The molecule has 4 nitrogen and oxygen atoms in total. The van der Waals surface area contributed by atoms with E-state index in [1.54, 1.807) is 0 Å². The molecule has 0 N–H and O–H groups in total. The second-order valence-corrected chi connectivity index (χ2v) is 5.31. The first-order valence-corrected chi connectivity index (χ1v) is 7.32. The van der Waals surface area contributed by atoms with Gasteiger partial charge in [-0.1, -0.05) is 0 Å². The summed E-state index contributed by atoms with van der Waals surface area (Å²) in [4.78, 5) is 12.0. The summed E-state index contributed by atoms with van der Waals surface area (Å²) in [5.41, 5.74) is -0.759. The lowest BCUT2D eigenvalue weighted by Gasteiger charge is -2.30. The number of rotatable bonds is 4. The fourth-order valence-corrected chi connectivity index (χ4v) is 2.64. The first kappa shape index (κ1) is 17.3. The second-order valence-electron chi connectivity index (χ2n) is 5.31. The van der Waals surface area contributed by atoms with E-state index in [9.17, 15) is 18.0 Å². The highest BCUT2D eigenvalue weighted by atomic mass is 19.1. The van der Waals surface area contributed by atoms with E-state index in [2.05, 4.69) is 0 Å². The summed E-state index contributed by atoms with van der Waals surface area (Å²) in [7, 11) is 0. The van der Waals surface area contributed by atoms with Crippen LogP contribution in [-0.4, -0.2) is 24.9 Å². The zero-order valence-electron chi connectivity index (χ0n) is 12.5. The van der Waals surface area contributed by atoms with Gasteiger partial charge in [0.25, 0.3) is 0 Å². The Balaban J connectivity index is 2.04. The average molecular weight is 327 g/mol. The van der Waals surface area contributed by atoms with Gasteiger partial charge in [0.2, 0.25) is 0 Å². The molecule has 124 valence electrons. The molecule has 0 heterocycles. The van der Waals surface area contributed by atoms with Gasteiger partial charge in [0, 0.05) is 25.2 Å². The van der Waals surface area contributed by atoms with Gasteiger partial charge in [-0.2, -0.15) is 5.26 Å². The number of ether oxygens (including phenoxy) is 2. The van der Waals surface area contributed by atoms with Gasteiger partial charge >= 0.3 is 5.97 Å². The number of hydrogen-bond acceptors (Lipinski definition) is 4. The Hall–Kier alpha value is -2.07. The van der Waals surface area contributed by atoms with Crippen molar-refractivity contribution in [1.29, 1.82) is 5.26 Å². The maximum Gasteiger partial charge on any atom is 0.317 e. The molecule has 1 aliphatic carbocycles. The van der Waals surface area contributed by atoms with Gasteiger partial charge in [-0.3, -0.25) is 4.79 Å². The molecule has 0 aromatic heterocycles. The summed E-state index contributed by atoms with van der Waals surface area (Å²) in [6.07, 6.45) is -0.815. The zero-order chi connectivity index (χ0) is 17.0. The quantitative estimate of drug-likeness (QED) is 0.629. The van der Waals surface area contributed by atoms with Crippen molar-refractivity contribution < 1.29 is 27.4 Å². The van der Waals surface area contributed by atoms with Crippen LogP contribution < -0.4 is 4.74 Å². The molecule has 0 radical (unpaired) electrons. The summed E-state index contributed by atoms with van der Waals surface area (Å²) in [5.74, 6) is -4.52. The predicted molar refractivity (Wildman–Crippen MR) is 74.4 cm³/mol. The lowest BCUT2D eigenvalue weighted by Crippen LogP contribution is -2.37. The Morgan fingerprint density at radius 2 is 2.00 bits per heavy atom. The van der Waals surface area contributed by atoms with Crippen LogP contribution in [0, 0.1) is 28.9 Å². The number of esters is 1. The van der Waals surface area contributed by atoms with E-state index >= 15 is 0 Å². The molecule has 1 saturated carbocycles. The average Bonchev–Trinajstić information content (AvgIpc) is 2.47. The highest BCUT2D eigenvalue weighted by molar-refractivity contribution is 5.76. The molecule has 0 bridgehead atoms. The minimum absolute atomic E-state index is 0.0870. The SMILES string of the molecule is CCOC1CCC(C(=O)Oc2cc(F)c(C#N)c(F)c2)C(F)C1. The summed E-state index contributed by atoms with van der Waals surface area (Å²) in [6, 6.07) is 2.84. The van der Waals surface area contributed by atoms with Gasteiger partial charge in [0.15, 0.2) is 0 Å². The first-order chi connectivity index (χ1) is 11.0. The van der Waals surface area contributed by atoms with Crippen LogP contribution in [0.2, 0.25) is 0 Å². The molecule has 0 aliphatic heterocycles. The number of halogens is 3. The standard InChI is InChI=1S/C16H16F3NO3/c1-2-22-9-3-4-11(13(17)5-9)16(21)23-10-6-14(18)12(8-20)15(19)7-10/h6-7,9,11,13H,2-5H2,1H3. The Morgan fingerprint density at radius 1 is 1.35 bits per heavy atom. The summed E-state index contributed by atoms with van der Waals surface area (Å²) in [5, 5.41) is 8.58. The van der Waals surface area contributed by atoms with E-state index in [4.69, 9.17) is 14.7 Å². The molecular formula is C16H16F3NO3. The maximum absolute atomic E-state index is 14.1. The topological polar surface area (TPSA) is 59.3 Å². The Morgan fingerprint density at radius 3 is 2.52 bits per heavy atom. The van der Waals surface area contributed by atoms with E-state index in [1.807, 2.05) is 6.92 Å². The monoisotopic (exact) mass is 327 g/mol. The minimum atomic E-state index is -1.43. The van der Waals surface area contributed by atoms with Crippen LogP contribution in [0.4, 0.5) is 13.2 Å². The Labute approximate surface area is 131 Å². The molecule has 1 aromatic rings. The van der Waals surface area contributed by atoms with Crippen molar-refractivity contribution in [2.75, 3.05) is 6.61 Å². The highest BCUT2D eigenvalue weighted by Crippen LogP contribution is 2.31. The fraction of sp³-hybridized carbons (Fsp3) is 0.500. The van der Waals surface area contributed by atoms with E-state index in [-0.39, 0.29) is 24.7 Å². The first-order valence-electron chi connectivity index (χ1n) is 7.32. The van der Waals surface area contributed by atoms with Crippen LogP contribution in [0.3, 0.4) is 0 Å². The van der Waals surface area contributed by atoms with Gasteiger partial charge < -0.3 is 9.47 Å². The number of carbonyl (C=O) groups is 1. The van der Waals surface area contributed by atoms with Crippen LogP contribution in [-0.2, 0) is 9.53 Å². The highest BCUT2D eigenvalue weighted by Gasteiger charge is 2.37. The fourth-order valence-electron chi connectivity index (χ4n) is 2.64. The lowest BCUT2D eigenvalue weighted by atomic mass is 9.85. The molecule has 3 atom stereocenters. The third-order valence-corrected chi connectivity index (χ3v) is 3.78. The third-order valence-electron chi connectivity index (χ3n) is 3.78. The molecule has 0 amide bonds. The molecule has 3 unspecified atom stereocenters. The summed E-state index contributed by atoms with van der Waals surface area (Å²) < 4.78 is 51.2. The van der Waals surface area contributed by atoms with Crippen molar-refractivity contribution in [2.24, 2.45) is 5.92 Å². The number of benzene rings is 1. The van der Waals surface area contributed by atoms with Crippen LogP contribution in [0.15, 0.2) is 12.1 Å². The molecule has 1 aliphatic rings. The smallest absolute Gasteiger partial charge is 0.317 e. The van der Waals surface area contributed by atoms with Crippen molar-refractivity contribution in [2.45, 2.75) is 38.5 Å². The van der Waals surface area contributed by atoms with Crippen LogP contribution in [0.1, 0.15) is 31.7 Å². The van der Waals surface area contributed by atoms with Gasteiger partial charge in [0.05, 0.1) is 12.0 Å². The molecule has 0 spiro atoms. The second kappa shape index (κ2) is 7.47. The zero-order valence-corrected chi connectivity index (χ0v) is 12.5. The molecule has 0 saturated heterocycles. The van der Waals surface area contributed by atoms with Crippen molar-refractivity contribution in [3.05, 3.63) is 29.3 Å². The van der Waals surface area contributed by atoms with E-state index in [0.717, 1.165) is 12.1 Å². The molecule has 1 aromatic carbocycles. The van der Waals surface area contributed by atoms with E-state index < -0.39 is 35.3 Å². The van der Waals surface area contributed by atoms with Crippen molar-refractivity contribution in [1.82, 2.24) is 0 Å². The predicted octanol–water partition coefficient (Wildman–Crippen LogP) is 3.29. The largest absolute Gasteiger partial charge is 0.426 e. The van der Waals surface area contributed by atoms with Crippen molar-refractivity contribution in [3.63, 3.8) is 0 Å². The number of carbonyl (C=O) groups excluding carboxylic acids is 1. The van der Waals surface area contributed by atoms with E-state index in [1.165, 1.54) is 6.07 Å². The molecule has 7 heteroatoms. The van der Waals surface area contributed by atoms with Gasteiger partial charge in [-0.15, -0.1) is 0 Å². The third kappa shape index (κ3) is 4.02. The molecule has 1 fully saturated rings. The number of alkyl halides is 1. The lowest BCUT2D eigenvalue weighted by molar-refractivity contribution is -0.144. The van der Waals surface area contributed by atoms with Gasteiger partial charge in [0.1, 0.15) is 35.2 Å². The summed E-state index contributed by atoms with van der Waals surface area (Å²) >= 11 is 0.